The van der Waals surface area contributed by atoms with Crippen molar-refractivity contribution in [2.75, 3.05) is 5.73 Å². The van der Waals surface area contributed by atoms with Crippen LogP contribution in [0.1, 0.15) is 5.56 Å². The molecule has 3 heteroatoms. The first-order valence-corrected chi connectivity index (χ1v) is 6.12. The van der Waals surface area contributed by atoms with E-state index < -0.39 is 0 Å². The summed E-state index contributed by atoms with van der Waals surface area (Å²) >= 11 is 0. The molecule has 0 fully saturated rings. The van der Waals surface area contributed by atoms with Crippen LogP contribution in [0.15, 0.2) is 54.7 Å². The molecule has 0 saturated heterocycles. The van der Waals surface area contributed by atoms with E-state index in [1.54, 1.807) is 6.20 Å². The predicted octanol–water partition coefficient (Wildman–Crippen LogP) is 3.92. The molecule has 0 aliphatic carbocycles. The van der Waals surface area contributed by atoms with Gasteiger partial charge in [0.1, 0.15) is 5.75 Å². The Morgan fingerprint density at radius 3 is 2.68 bits per heavy atom. The number of benzene rings is 2. The molecular formula is C16H14N2O. The number of fused-ring (bicyclic) bond motifs is 1. The number of ether oxygens (including phenoxy) is 1. The van der Waals surface area contributed by atoms with Gasteiger partial charge in [0.05, 0.1) is 11.2 Å². The summed E-state index contributed by atoms with van der Waals surface area (Å²) in [6, 6.07) is 15.4. The van der Waals surface area contributed by atoms with E-state index in [0.29, 0.717) is 11.4 Å². The SMILES string of the molecule is Cc1cccc(N)c1Oc1cccc2ncccc12. The van der Waals surface area contributed by atoms with Gasteiger partial charge in [-0.1, -0.05) is 18.2 Å². The van der Waals surface area contributed by atoms with Gasteiger partial charge in [-0.25, -0.2) is 0 Å². The van der Waals surface area contributed by atoms with Gasteiger partial charge in [-0.15, -0.1) is 0 Å². The van der Waals surface area contributed by atoms with Gasteiger partial charge >= 0.3 is 0 Å². The Morgan fingerprint density at radius 2 is 1.84 bits per heavy atom. The molecule has 3 nitrogen and oxygen atoms in total. The third-order valence-electron chi connectivity index (χ3n) is 3.06. The molecular weight excluding hydrogens is 236 g/mol. The zero-order chi connectivity index (χ0) is 13.2. The molecule has 0 saturated carbocycles. The van der Waals surface area contributed by atoms with E-state index in [9.17, 15) is 0 Å². The van der Waals surface area contributed by atoms with E-state index >= 15 is 0 Å². The summed E-state index contributed by atoms with van der Waals surface area (Å²) in [7, 11) is 0. The Morgan fingerprint density at radius 1 is 1.00 bits per heavy atom. The summed E-state index contributed by atoms with van der Waals surface area (Å²) in [6.45, 7) is 1.98. The predicted molar refractivity (Wildman–Crippen MR) is 77.4 cm³/mol. The first-order valence-electron chi connectivity index (χ1n) is 6.12. The topological polar surface area (TPSA) is 48.1 Å². The second-order valence-corrected chi connectivity index (χ2v) is 4.42. The molecule has 0 bridgehead atoms. The standard InChI is InChI=1S/C16H14N2O/c1-11-5-2-7-13(17)16(11)19-15-9-3-8-14-12(15)6-4-10-18-14/h2-10H,17H2,1H3. The molecule has 0 radical (unpaired) electrons. The van der Waals surface area contributed by atoms with E-state index in [2.05, 4.69) is 4.98 Å². The first kappa shape index (κ1) is 11.5. The largest absolute Gasteiger partial charge is 0.454 e. The lowest BCUT2D eigenvalue weighted by atomic mass is 10.2. The van der Waals surface area contributed by atoms with E-state index in [1.165, 1.54) is 0 Å². The highest BCUT2D eigenvalue weighted by molar-refractivity contribution is 5.85. The second-order valence-electron chi connectivity index (χ2n) is 4.42. The van der Waals surface area contributed by atoms with Crippen molar-refractivity contribution in [2.45, 2.75) is 6.92 Å². The molecule has 1 aromatic heterocycles. The van der Waals surface area contributed by atoms with Crippen LogP contribution in [0, 0.1) is 6.92 Å². The maximum Gasteiger partial charge on any atom is 0.153 e. The Kier molecular flexibility index (Phi) is 2.80. The fourth-order valence-corrected chi connectivity index (χ4v) is 2.09. The molecule has 2 N–H and O–H groups in total. The Labute approximate surface area is 111 Å². The Hall–Kier alpha value is -2.55. The van der Waals surface area contributed by atoms with E-state index in [1.807, 2.05) is 55.5 Å². The third-order valence-corrected chi connectivity index (χ3v) is 3.06. The van der Waals surface area contributed by atoms with Crippen LogP contribution in [0.25, 0.3) is 10.9 Å². The smallest absolute Gasteiger partial charge is 0.153 e. The van der Waals surface area contributed by atoms with Crippen LogP contribution in [0.5, 0.6) is 11.5 Å². The maximum atomic E-state index is 5.99. The fourth-order valence-electron chi connectivity index (χ4n) is 2.09. The summed E-state index contributed by atoms with van der Waals surface area (Å²) in [5.41, 5.74) is 8.54. The minimum absolute atomic E-state index is 0.640. The summed E-state index contributed by atoms with van der Waals surface area (Å²) in [5.74, 6) is 1.48. The van der Waals surface area contributed by atoms with E-state index in [4.69, 9.17) is 10.5 Å². The van der Waals surface area contributed by atoms with Gasteiger partial charge < -0.3 is 10.5 Å². The molecule has 0 atom stereocenters. The molecule has 0 amide bonds. The number of pyridine rings is 1. The van der Waals surface area contributed by atoms with Crippen LogP contribution in [0.2, 0.25) is 0 Å². The van der Waals surface area contributed by atoms with Crippen molar-refractivity contribution >= 4 is 16.6 Å². The zero-order valence-electron chi connectivity index (χ0n) is 10.6. The van der Waals surface area contributed by atoms with Crippen LogP contribution in [-0.2, 0) is 0 Å². The van der Waals surface area contributed by atoms with Crippen LogP contribution >= 0.6 is 0 Å². The normalized spacial score (nSPS) is 10.6. The van der Waals surface area contributed by atoms with E-state index in [0.717, 1.165) is 22.2 Å². The quantitative estimate of drug-likeness (QED) is 0.701. The van der Waals surface area contributed by atoms with Gasteiger partial charge in [0.2, 0.25) is 0 Å². The highest BCUT2D eigenvalue weighted by atomic mass is 16.5. The summed E-state index contributed by atoms with van der Waals surface area (Å²) < 4.78 is 5.99. The third kappa shape index (κ3) is 2.10. The van der Waals surface area contributed by atoms with Gasteiger partial charge in [-0.05, 0) is 42.8 Å². The van der Waals surface area contributed by atoms with Crippen LogP contribution < -0.4 is 10.5 Å². The highest BCUT2D eigenvalue weighted by Crippen LogP contribution is 2.34. The number of rotatable bonds is 2. The molecule has 2 aromatic carbocycles. The number of nitrogens with zero attached hydrogens (tertiary/aromatic N) is 1. The summed E-state index contributed by atoms with van der Waals surface area (Å²) in [6.07, 6.45) is 1.77. The molecule has 19 heavy (non-hydrogen) atoms. The lowest BCUT2D eigenvalue weighted by Crippen LogP contribution is -1.95. The number of hydrogen-bond acceptors (Lipinski definition) is 3. The summed E-state index contributed by atoms with van der Waals surface area (Å²) in [4.78, 5) is 4.32. The molecule has 3 rings (SSSR count). The molecule has 1 heterocycles. The van der Waals surface area contributed by atoms with Crippen LogP contribution in [0.4, 0.5) is 5.69 Å². The number of nitrogens with two attached hydrogens (primary N) is 1. The molecule has 0 unspecified atom stereocenters. The van der Waals surface area contributed by atoms with Crippen LogP contribution in [-0.4, -0.2) is 4.98 Å². The Balaban J connectivity index is 2.11. The molecule has 3 aromatic rings. The zero-order valence-corrected chi connectivity index (χ0v) is 10.6. The monoisotopic (exact) mass is 250 g/mol. The van der Waals surface area contributed by atoms with Crippen LogP contribution in [0.3, 0.4) is 0 Å². The van der Waals surface area contributed by atoms with Crippen molar-refractivity contribution in [3.63, 3.8) is 0 Å². The lowest BCUT2D eigenvalue weighted by Gasteiger charge is -2.12. The summed E-state index contributed by atoms with van der Waals surface area (Å²) in [5, 5.41) is 0.979. The number of hydrogen-bond donors (Lipinski definition) is 1. The number of aromatic nitrogens is 1. The van der Waals surface area contributed by atoms with Gasteiger partial charge in [0.15, 0.2) is 5.75 Å². The number of aryl methyl sites for hydroxylation is 1. The van der Waals surface area contributed by atoms with Crippen molar-refractivity contribution in [1.29, 1.82) is 0 Å². The maximum absolute atomic E-state index is 5.99. The molecule has 0 aliphatic rings. The van der Waals surface area contributed by atoms with Gasteiger partial charge in [0, 0.05) is 11.6 Å². The van der Waals surface area contributed by atoms with Crippen molar-refractivity contribution in [1.82, 2.24) is 4.98 Å². The van der Waals surface area contributed by atoms with Gasteiger partial charge in [-0.2, -0.15) is 0 Å². The van der Waals surface area contributed by atoms with Crippen molar-refractivity contribution in [2.24, 2.45) is 0 Å². The molecule has 94 valence electrons. The van der Waals surface area contributed by atoms with Gasteiger partial charge in [-0.3, -0.25) is 4.98 Å². The minimum atomic E-state index is 0.640. The Bertz CT molecular complexity index is 712. The van der Waals surface area contributed by atoms with Crippen molar-refractivity contribution in [3.8, 4) is 11.5 Å². The minimum Gasteiger partial charge on any atom is -0.454 e. The molecule has 0 spiro atoms. The molecule has 0 aliphatic heterocycles. The highest BCUT2D eigenvalue weighted by Gasteiger charge is 2.08. The van der Waals surface area contributed by atoms with Crippen molar-refractivity contribution in [3.05, 3.63) is 60.3 Å². The second kappa shape index (κ2) is 4.61. The van der Waals surface area contributed by atoms with Gasteiger partial charge in [0.25, 0.3) is 0 Å². The van der Waals surface area contributed by atoms with E-state index in [-0.39, 0.29) is 0 Å². The number of anilines is 1. The average Bonchev–Trinajstić information content (AvgIpc) is 2.43. The fraction of sp³-hybridized carbons (Fsp3) is 0.0625. The number of para-hydroxylation sites is 1. The average molecular weight is 250 g/mol. The number of nitrogen functional groups attached to an aromatic ring is 1. The van der Waals surface area contributed by atoms with Crippen molar-refractivity contribution < 1.29 is 4.74 Å². The lowest BCUT2D eigenvalue weighted by molar-refractivity contribution is 0.487. The first-order chi connectivity index (χ1) is 9.25.